The van der Waals surface area contributed by atoms with Crippen LogP contribution in [0.3, 0.4) is 0 Å². The van der Waals surface area contributed by atoms with Crippen LogP contribution < -0.4 is 0 Å². The molecule has 1 aromatic carbocycles. The molecule has 0 saturated carbocycles. The molecule has 2 fully saturated rings. The summed E-state index contributed by atoms with van der Waals surface area (Å²) < 4.78 is 25.1. The van der Waals surface area contributed by atoms with E-state index in [0.29, 0.717) is 26.1 Å². The standard InChI is InChI=1S/C18H27N3O3S/c1-15-5-3-6-16(13-15)14-19-9-11-20(12-10-19)18(22)17-7-4-8-21(17)25(2,23)24/h3,5-6,13,17H,4,7-12,14H2,1-2H3. The van der Waals surface area contributed by atoms with Crippen molar-refractivity contribution in [3.05, 3.63) is 35.4 Å². The first-order chi connectivity index (χ1) is 11.8. The molecule has 0 spiro atoms. The lowest BCUT2D eigenvalue weighted by atomic mass is 10.1. The summed E-state index contributed by atoms with van der Waals surface area (Å²) in [5.41, 5.74) is 2.55. The van der Waals surface area contributed by atoms with Crippen LogP contribution in [-0.2, 0) is 21.4 Å². The highest BCUT2D eigenvalue weighted by Crippen LogP contribution is 2.23. The summed E-state index contributed by atoms with van der Waals surface area (Å²) in [7, 11) is -3.32. The fourth-order valence-electron chi connectivity index (χ4n) is 3.79. The van der Waals surface area contributed by atoms with Gasteiger partial charge in [-0.2, -0.15) is 4.31 Å². The highest BCUT2D eigenvalue weighted by molar-refractivity contribution is 7.88. The van der Waals surface area contributed by atoms with E-state index in [0.717, 1.165) is 26.1 Å². The van der Waals surface area contributed by atoms with Crippen LogP contribution in [0.5, 0.6) is 0 Å². The smallest absolute Gasteiger partial charge is 0.241 e. The summed E-state index contributed by atoms with van der Waals surface area (Å²) in [4.78, 5) is 17.0. The van der Waals surface area contributed by atoms with E-state index in [4.69, 9.17) is 0 Å². The number of benzene rings is 1. The van der Waals surface area contributed by atoms with Crippen LogP contribution in [0.25, 0.3) is 0 Å². The lowest BCUT2D eigenvalue weighted by molar-refractivity contribution is -0.136. The maximum atomic E-state index is 12.8. The largest absolute Gasteiger partial charge is 0.339 e. The molecular weight excluding hydrogens is 338 g/mol. The van der Waals surface area contributed by atoms with Crippen LogP contribution in [0.2, 0.25) is 0 Å². The summed E-state index contributed by atoms with van der Waals surface area (Å²) >= 11 is 0. The van der Waals surface area contributed by atoms with Gasteiger partial charge in [0.05, 0.1) is 6.26 Å². The molecule has 2 saturated heterocycles. The van der Waals surface area contributed by atoms with Gasteiger partial charge in [-0.3, -0.25) is 9.69 Å². The predicted molar refractivity (Wildman–Crippen MR) is 97.6 cm³/mol. The molecule has 25 heavy (non-hydrogen) atoms. The average molecular weight is 365 g/mol. The van der Waals surface area contributed by atoms with Crippen LogP contribution >= 0.6 is 0 Å². The van der Waals surface area contributed by atoms with Gasteiger partial charge in [-0.05, 0) is 25.3 Å². The number of amides is 1. The Morgan fingerprint density at radius 1 is 1.16 bits per heavy atom. The number of rotatable bonds is 4. The Hall–Kier alpha value is -1.44. The zero-order valence-corrected chi connectivity index (χ0v) is 15.8. The molecule has 0 N–H and O–H groups in total. The molecule has 0 aromatic heterocycles. The molecular formula is C18H27N3O3S. The first-order valence-corrected chi connectivity index (χ1v) is 10.7. The van der Waals surface area contributed by atoms with Gasteiger partial charge >= 0.3 is 0 Å². The Kier molecular flexibility index (Phi) is 5.46. The van der Waals surface area contributed by atoms with Crippen molar-refractivity contribution in [2.45, 2.75) is 32.4 Å². The molecule has 6 nitrogen and oxygen atoms in total. The van der Waals surface area contributed by atoms with Crippen molar-refractivity contribution in [2.75, 3.05) is 39.0 Å². The number of sulfonamides is 1. The van der Waals surface area contributed by atoms with Crippen molar-refractivity contribution in [2.24, 2.45) is 0 Å². The highest BCUT2D eigenvalue weighted by atomic mass is 32.2. The molecule has 7 heteroatoms. The van der Waals surface area contributed by atoms with Crippen molar-refractivity contribution in [3.63, 3.8) is 0 Å². The van der Waals surface area contributed by atoms with E-state index in [1.807, 2.05) is 4.90 Å². The second-order valence-electron chi connectivity index (χ2n) is 7.12. The third-order valence-corrected chi connectivity index (χ3v) is 6.38. The molecule has 0 radical (unpaired) electrons. The number of hydrogen-bond acceptors (Lipinski definition) is 4. The molecule has 1 aromatic rings. The lowest BCUT2D eigenvalue weighted by Gasteiger charge is -2.37. The van der Waals surface area contributed by atoms with Gasteiger partial charge in [0.15, 0.2) is 0 Å². The van der Waals surface area contributed by atoms with E-state index in [1.165, 1.54) is 21.7 Å². The number of aryl methyl sites for hydroxylation is 1. The molecule has 0 bridgehead atoms. The molecule has 138 valence electrons. The quantitative estimate of drug-likeness (QED) is 0.801. The fraction of sp³-hybridized carbons (Fsp3) is 0.611. The SMILES string of the molecule is Cc1cccc(CN2CCN(C(=O)C3CCCN3S(C)(=O)=O)CC2)c1. The highest BCUT2D eigenvalue weighted by Gasteiger charge is 2.39. The zero-order chi connectivity index (χ0) is 18.0. The minimum Gasteiger partial charge on any atom is -0.339 e. The second-order valence-corrected chi connectivity index (χ2v) is 9.06. The maximum absolute atomic E-state index is 12.8. The van der Waals surface area contributed by atoms with Gasteiger partial charge < -0.3 is 4.90 Å². The molecule has 2 heterocycles. The third-order valence-electron chi connectivity index (χ3n) is 5.09. The lowest BCUT2D eigenvalue weighted by Crippen LogP contribution is -2.54. The Morgan fingerprint density at radius 3 is 2.52 bits per heavy atom. The van der Waals surface area contributed by atoms with Gasteiger partial charge in [0, 0.05) is 39.3 Å². The van der Waals surface area contributed by atoms with E-state index in [-0.39, 0.29) is 5.91 Å². The molecule has 1 amide bonds. The van der Waals surface area contributed by atoms with Crippen molar-refractivity contribution < 1.29 is 13.2 Å². The number of carbonyl (C=O) groups is 1. The summed E-state index contributed by atoms with van der Waals surface area (Å²) in [6.07, 6.45) is 2.59. The average Bonchev–Trinajstić information content (AvgIpc) is 3.05. The van der Waals surface area contributed by atoms with Crippen molar-refractivity contribution in [1.29, 1.82) is 0 Å². The summed E-state index contributed by atoms with van der Waals surface area (Å²) in [6, 6.07) is 7.99. The van der Waals surface area contributed by atoms with Gasteiger partial charge in [-0.1, -0.05) is 29.8 Å². The van der Waals surface area contributed by atoms with E-state index in [9.17, 15) is 13.2 Å². The van der Waals surface area contributed by atoms with Crippen LogP contribution in [0, 0.1) is 6.92 Å². The van der Waals surface area contributed by atoms with E-state index in [2.05, 4.69) is 36.1 Å². The van der Waals surface area contributed by atoms with Gasteiger partial charge in [-0.15, -0.1) is 0 Å². The Labute approximate surface area is 150 Å². The minimum atomic E-state index is -3.32. The second kappa shape index (κ2) is 7.43. The topological polar surface area (TPSA) is 60.9 Å². The molecule has 3 rings (SSSR count). The van der Waals surface area contributed by atoms with Crippen molar-refractivity contribution in [1.82, 2.24) is 14.1 Å². The number of nitrogens with zero attached hydrogens (tertiary/aromatic N) is 3. The minimum absolute atomic E-state index is 0.0295. The first kappa shape index (κ1) is 18.4. The first-order valence-electron chi connectivity index (χ1n) is 8.88. The third kappa shape index (κ3) is 4.40. The van der Waals surface area contributed by atoms with Gasteiger partial charge in [-0.25, -0.2) is 8.42 Å². The Morgan fingerprint density at radius 2 is 1.88 bits per heavy atom. The normalized spacial score (nSPS) is 23.1. The number of hydrogen-bond donors (Lipinski definition) is 0. The fourth-order valence-corrected chi connectivity index (χ4v) is 4.91. The molecule has 1 atom stereocenters. The molecule has 2 aliphatic heterocycles. The van der Waals surface area contributed by atoms with E-state index >= 15 is 0 Å². The van der Waals surface area contributed by atoms with Crippen LogP contribution in [0.15, 0.2) is 24.3 Å². The van der Waals surface area contributed by atoms with Gasteiger partial charge in [0.1, 0.15) is 6.04 Å². The van der Waals surface area contributed by atoms with Gasteiger partial charge in [0.25, 0.3) is 0 Å². The van der Waals surface area contributed by atoms with Crippen molar-refractivity contribution >= 4 is 15.9 Å². The molecule has 2 aliphatic rings. The van der Waals surface area contributed by atoms with Crippen LogP contribution in [-0.4, -0.2) is 73.5 Å². The number of piperazine rings is 1. The maximum Gasteiger partial charge on any atom is 0.241 e. The van der Waals surface area contributed by atoms with E-state index < -0.39 is 16.1 Å². The predicted octanol–water partition coefficient (Wildman–Crippen LogP) is 1.06. The summed E-state index contributed by atoms with van der Waals surface area (Å²) in [5.74, 6) is -0.0295. The van der Waals surface area contributed by atoms with Crippen LogP contribution in [0.1, 0.15) is 24.0 Å². The van der Waals surface area contributed by atoms with Crippen molar-refractivity contribution in [3.8, 4) is 0 Å². The Balaban J connectivity index is 1.56. The van der Waals surface area contributed by atoms with Gasteiger partial charge in [0.2, 0.25) is 15.9 Å². The van der Waals surface area contributed by atoms with E-state index in [1.54, 1.807) is 0 Å². The van der Waals surface area contributed by atoms with Crippen LogP contribution in [0.4, 0.5) is 0 Å². The monoisotopic (exact) mass is 365 g/mol. The Bertz CT molecular complexity index is 727. The summed E-state index contributed by atoms with van der Waals surface area (Å²) in [5, 5.41) is 0. The summed E-state index contributed by atoms with van der Waals surface area (Å²) in [6.45, 7) is 6.43. The number of carbonyl (C=O) groups excluding carboxylic acids is 1. The molecule has 1 unspecified atom stereocenters. The zero-order valence-electron chi connectivity index (χ0n) is 15.0. The molecule has 0 aliphatic carbocycles.